The van der Waals surface area contributed by atoms with E-state index in [1.807, 2.05) is 36.4 Å². The second-order valence-corrected chi connectivity index (χ2v) is 6.86. The van der Waals surface area contributed by atoms with Crippen molar-refractivity contribution in [2.45, 2.75) is 12.3 Å². The van der Waals surface area contributed by atoms with E-state index in [4.69, 9.17) is 28.9 Å². The molecule has 1 aromatic heterocycles. The number of aromatic nitrogens is 1. The maximum Gasteiger partial charge on any atom is 0.141 e. The van der Waals surface area contributed by atoms with Crippen LogP contribution in [-0.2, 0) is 6.42 Å². The van der Waals surface area contributed by atoms with E-state index in [9.17, 15) is 5.26 Å². The molecule has 3 nitrogen and oxygen atoms in total. The van der Waals surface area contributed by atoms with Crippen molar-refractivity contribution in [2.24, 2.45) is 0 Å². The Morgan fingerprint density at radius 1 is 1.12 bits per heavy atom. The van der Waals surface area contributed by atoms with Gasteiger partial charge in [-0.2, -0.15) is 5.26 Å². The van der Waals surface area contributed by atoms with Crippen LogP contribution in [0.2, 0.25) is 10.0 Å². The number of pyridine rings is 1. The van der Waals surface area contributed by atoms with Gasteiger partial charge < -0.3 is 5.73 Å². The van der Waals surface area contributed by atoms with Gasteiger partial charge in [0.25, 0.3) is 0 Å². The molecule has 0 amide bonds. The molecule has 1 atom stereocenters. The van der Waals surface area contributed by atoms with Gasteiger partial charge in [0.05, 0.1) is 10.0 Å². The van der Waals surface area contributed by atoms with Gasteiger partial charge in [0.2, 0.25) is 0 Å². The molecular weight excluding hydrogens is 353 g/mol. The van der Waals surface area contributed by atoms with Crippen molar-refractivity contribution in [3.8, 4) is 17.2 Å². The standard InChI is InChI=1S/C20H13Cl2N3/c21-17-6-5-11(8-18(17)22)15-7-12-10-25-20(24)16(9-23)19(12)14-4-2-1-3-13(14)15/h1-6,8,10,15H,7H2,(H2,24,25)/t15-/m1/s1. The molecule has 1 heterocycles. The van der Waals surface area contributed by atoms with Crippen LogP contribution >= 0.6 is 23.2 Å². The highest BCUT2D eigenvalue weighted by Crippen LogP contribution is 2.45. The molecule has 3 aromatic rings. The summed E-state index contributed by atoms with van der Waals surface area (Å²) in [5.41, 5.74) is 11.5. The van der Waals surface area contributed by atoms with Crippen molar-refractivity contribution in [2.75, 3.05) is 5.73 Å². The van der Waals surface area contributed by atoms with Crippen LogP contribution in [0.25, 0.3) is 11.1 Å². The van der Waals surface area contributed by atoms with E-state index < -0.39 is 0 Å². The lowest BCUT2D eigenvalue weighted by atomic mass is 9.75. The zero-order valence-electron chi connectivity index (χ0n) is 13.1. The second-order valence-electron chi connectivity index (χ2n) is 6.05. The van der Waals surface area contributed by atoms with Crippen molar-refractivity contribution in [1.82, 2.24) is 4.98 Å². The third-order valence-corrected chi connectivity index (χ3v) is 5.41. The van der Waals surface area contributed by atoms with Gasteiger partial charge in [0.1, 0.15) is 17.5 Å². The molecule has 2 aromatic carbocycles. The van der Waals surface area contributed by atoms with Gasteiger partial charge in [-0.15, -0.1) is 0 Å². The fraction of sp³-hybridized carbons (Fsp3) is 0.100. The van der Waals surface area contributed by atoms with Gasteiger partial charge >= 0.3 is 0 Å². The number of anilines is 1. The van der Waals surface area contributed by atoms with Crippen LogP contribution in [0.15, 0.2) is 48.7 Å². The molecule has 4 rings (SSSR count). The molecule has 25 heavy (non-hydrogen) atoms. The van der Waals surface area contributed by atoms with Crippen molar-refractivity contribution >= 4 is 29.0 Å². The lowest BCUT2D eigenvalue weighted by molar-refractivity contribution is 0.789. The molecule has 0 saturated carbocycles. The average molecular weight is 366 g/mol. The highest BCUT2D eigenvalue weighted by molar-refractivity contribution is 6.42. The predicted molar refractivity (Wildman–Crippen MR) is 101 cm³/mol. The number of hydrogen-bond donors (Lipinski definition) is 1. The van der Waals surface area contributed by atoms with Crippen LogP contribution in [0.3, 0.4) is 0 Å². The Labute approximate surface area is 155 Å². The predicted octanol–water partition coefficient (Wildman–Crippen LogP) is 5.20. The van der Waals surface area contributed by atoms with Crippen LogP contribution < -0.4 is 5.73 Å². The summed E-state index contributed by atoms with van der Waals surface area (Å²) >= 11 is 12.3. The third-order valence-electron chi connectivity index (χ3n) is 4.67. The minimum atomic E-state index is 0.121. The molecule has 0 bridgehead atoms. The van der Waals surface area contributed by atoms with E-state index >= 15 is 0 Å². The van der Waals surface area contributed by atoms with Crippen molar-refractivity contribution in [3.05, 3.63) is 81.0 Å². The fourth-order valence-corrected chi connectivity index (χ4v) is 3.83. The normalized spacial score (nSPS) is 15.2. The molecular formula is C20H13Cl2N3. The molecule has 0 aliphatic heterocycles. The number of nitrogens with two attached hydrogens (primary N) is 1. The zero-order chi connectivity index (χ0) is 17.6. The first-order valence-corrected chi connectivity index (χ1v) is 8.57. The Kier molecular flexibility index (Phi) is 3.88. The van der Waals surface area contributed by atoms with Gasteiger partial charge in [-0.25, -0.2) is 4.98 Å². The third kappa shape index (κ3) is 2.55. The quantitative estimate of drug-likeness (QED) is 0.644. The summed E-state index contributed by atoms with van der Waals surface area (Å²) in [5, 5.41) is 10.6. The number of rotatable bonds is 1. The Hall–Kier alpha value is -2.54. The van der Waals surface area contributed by atoms with Crippen molar-refractivity contribution < 1.29 is 0 Å². The van der Waals surface area contributed by atoms with Crippen molar-refractivity contribution in [3.63, 3.8) is 0 Å². The molecule has 122 valence electrons. The fourth-order valence-electron chi connectivity index (χ4n) is 3.53. The summed E-state index contributed by atoms with van der Waals surface area (Å²) in [5.74, 6) is 0.388. The number of benzene rings is 2. The van der Waals surface area contributed by atoms with Crippen molar-refractivity contribution in [1.29, 1.82) is 5.26 Å². The Balaban J connectivity index is 1.96. The van der Waals surface area contributed by atoms with E-state index in [0.717, 1.165) is 34.2 Å². The zero-order valence-corrected chi connectivity index (χ0v) is 14.6. The Morgan fingerprint density at radius 3 is 2.68 bits per heavy atom. The number of fused-ring (bicyclic) bond motifs is 3. The lowest BCUT2D eigenvalue weighted by Gasteiger charge is -2.29. The molecule has 0 fully saturated rings. The minimum absolute atomic E-state index is 0.121. The number of nitrogens with zero attached hydrogens (tertiary/aromatic N) is 2. The number of nitrogen functional groups attached to an aromatic ring is 1. The summed E-state index contributed by atoms with van der Waals surface area (Å²) in [6.45, 7) is 0. The van der Waals surface area contributed by atoms with Gasteiger partial charge in [-0.05, 0) is 40.8 Å². The molecule has 0 saturated heterocycles. The average Bonchev–Trinajstić information content (AvgIpc) is 2.63. The Morgan fingerprint density at radius 2 is 1.92 bits per heavy atom. The van der Waals surface area contributed by atoms with Gasteiger partial charge in [-0.1, -0.05) is 53.5 Å². The lowest BCUT2D eigenvalue weighted by Crippen LogP contribution is -2.15. The van der Waals surface area contributed by atoms with Gasteiger partial charge in [0.15, 0.2) is 0 Å². The van der Waals surface area contributed by atoms with E-state index in [1.54, 1.807) is 6.20 Å². The Bertz CT molecular complexity index is 1040. The van der Waals surface area contributed by atoms with E-state index in [1.165, 1.54) is 0 Å². The van der Waals surface area contributed by atoms with E-state index in [0.29, 0.717) is 15.6 Å². The van der Waals surface area contributed by atoms with Crippen LogP contribution in [0, 0.1) is 11.3 Å². The topological polar surface area (TPSA) is 62.7 Å². The summed E-state index contributed by atoms with van der Waals surface area (Å²) in [6.07, 6.45) is 2.50. The van der Waals surface area contributed by atoms with Crippen LogP contribution in [0.1, 0.15) is 28.2 Å². The largest absolute Gasteiger partial charge is 0.383 e. The smallest absolute Gasteiger partial charge is 0.141 e. The number of hydrogen-bond acceptors (Lipinski definition) is 3. The second kappa shape index (κ2) is 6.07. The van der Waals surface area contributed by atoms with Gasteiger partial charge in [0, 0.05) is 17.7 Å². The number of nitriles is 1. The molecule has 0 spiro atoms. The molecule has 2 N–H and O–H groups in total. The monoisotopic (exact) mass is 365 g/mol. The molecule has 1 aliphatic rings. The number of halogens is 2. The first-order chi connectivity index (χ1) is 12.1. The summed E-state index contributed by atoms with van der Waals surface area (Å²) in [4.78, 5) is 4.20. The van der Waals surface area contributed by atoms with E-state index in [2.05, 4.69) is 17.1 Å². The highest BCUT2D eigenvalue weighted by atomic mass is 35.5. The molecule has 0 unspecified atom stereocenters. The minimum Gasteiger partial charge on any atom is -0.383 e. The molecule has 0 radical (unpaired) electrons. The van der Waals surface area contributed by atoms with Crippen LogP contribution in [0.4, 0.5) is 5.82 Å². The van der Waals surface area contributed by atoms with Crippen LogP contribution in [0.5, 0.6) is 0 Å². The van der Waals surface area contributed by atoms with Crippen LogP contribution in [-0.4, -0.2) is 4.98 Å². The SMILES string of the molecule is N#Cc1c(N)ncc2c1-c1ccccc1[C@@H](c1ccc(Cl)c(Cl)c1)C2. The van der Waals surface area contributed by atoms with E-state index in [-0.39, 0.29) is 11.7 Å². The summed E-state index contributed by atoms with van der Waals surface area (Å²) in [6, 6.07) is 16.0. The summed E-state index contributed by atoms with van der Waals surface area (Å²) < 4.78 is 0. The maximum atomic E-state index is 9.55. The first kappa shape index (κ1) is 16.0. The molecule has 5 heteroatoms. The maximum absolute atomic E-state index is 9.55. The first-order valence-electron chi connectivity index (χ1n) is 7.82. The van der Waals surface area contributed by atoms with Gasteiger partial charge in [-0.3, -0.25) is 0 Å². The summed E-state index contributed by atoms with van der Waals surface area (Å²) in [7, 11) is 0. The molecule has 1 aliphatic carbocycles. The highest BCUT2D eigenvalue weighted by Gasteiger charge is 2.29.